The van der Waals surface area contributed by atoms with Gasteiger partial charge >= 0.3 is 0 Å². The van der Waals surface area contributed by atoms with Crippen LogP contribution in [0.5, 0.6) is 0 Å². The second-order valence-corrected chi connectivity index (χ2v) is 6.46. The molecule has 0 spiro atoms. The zero-order valence-electron chi connectivity index (χ0n) is 11.4. The highest BCUT2D eigenvalue weighted by molar-refractivity contribution is 6.42. The minimum atomic E-state index is -0.181. The van der Waals surface area contributed by atoms with Crippen LogP contribution in [-0.2, 0) is 4.79 Å². The molecule has 1 saturated carbocycles. The Hall–Kier alpha value is -1.26. The number of nitrogens with one attached hydrogen (secondary N) is 1. The molecule has 21 heavy (non-hydrogen) atoms. The van der Waals surface area contributed by atoms with Gasteiger partial charge in [-0.1, -0.05) is 23.2 Å². The predicted molar refractivity (Wildman–Crippen MR) is 81.6 cm³/mol. The summed E-state index contributed by atoms with van der Waals surface area (Å²) < 4.78 is 0. The van der Waals surface area contributed by atoms with Crippen molar-refractivity contribution in [1.82, 2.24) is 10.2 Å². The van der Waals surface area contributed by atoms with E-state index in [1.807, 2.05) is 4.90 Å². The minimum absolute atomic E-state index is 0.00894. The second-order valence-electron chi connectivity index (χ2n) is 5.65. The van der Waals surface area contributed by atoms with E-state index in [1.165, 1.54) is 0 Å². The lowest BCUT2D eigenvalue weighted by Crippen LogP contribution is -2.38. The molecule has 1 aromatic rings. The van der Waals surface area contributed by atoms with Gasteiger partial charge in [0.25, 0.3) is 5.91 Å². The van der Waals surface area contributed by atoms with Crippen LogP contribution in [0.2, 0.25) is 10.0 Å². The third kappa shape index (κ3) is 3.33. The van der Waals surface area contributed by atoms with Gasteiger partial charge in [-0.25, -0.2) is 0 Å². The molecule has 6 heteroatoms. The predicted octanol–water partition coefficient (Wildman–Crippen LogP) is 2.73. The van der Waals surface area contributed by atoms with E-state index in [9.17, 15) is 9.59 Å². The van der Waals surface area contributed by atoms with Crippen LogP contribution in [0.25, 0.3) is 0 Å². The Balaban J connectivity index is 1.58. The highest BCUT2D eigenvalue weighted by atomic mass is 35.5. The topological polar surface area (TPSA) is 49.4 Å². The SMILES string of the molecule is O=C(NC1CCN(C(=O)C2CC2)C1)c1ccc(Cl)c(Cl)c1. The summed E-state index contributed by atoms with van der Waals surface area (Å²) in [6, 6.07) is 4.82. The number of carbonyl (C=O) groups excluding carboxylic acids is 2. The van der Waals surface area contributed by atoms with Gasteiger partial charge in [0, 0.05) is 30.6 Å². The summed E-state index contributed by atoms with van der Waals surface area (Å²) in [5.74, 6) is 0.287. The fraction of sp³-hybridized carbons (Fsp3) is 0.467. The molecule has 2 fully saturated rings. The van der Waals surface area contributed by atoms with Gasteiger partial charge in [-0.3, -0.25) is 9.59 Å². The quantitative estimate of drug-likeness (QED) is 0.928. The number of carbonyl (C=O) groups is 2. The second kappa shape index (κ2) is 5.85. The summed E-state index contributed by atoms with van der Waals surface area (Å²) in [6.07, 6.45) is 2.82. The van der Waals surface area contributed by atoms with E-state index in [2.05, 4.69) is 5.32 Å². The third-order valence-electron chi connectivity index (χ3n) is 3.94. The molecule has 1 aliphatic heterocycles. The highest BCUT2D eigenvalue weighted by Gasteiger charge is 2.36. The lowest BCUT2D eigenvalue weighted by molar-refractivity contribution is -0.131. The van der Waals surface area contributed by atoms with Crippen LogP contribution in [0.1, 0.15) is 29.6 Å². The first-order valence-corrected chi connectivity index (χ1v) is 7.85. The van der Waals surface area contributed by atoms with E-state index in [0.717, 1.165) is 25.8 Å². The van der Waals surface area contributed by atoms with Crippen LogP contribution in [-0.4, -0.2) is 35.8 Å². The molecule has 0 bridgehead atoms. The number of benzene rings is 1. The first-order valence-electron chi connectivity index (χ1n) is 7.09. The zero-order valence-corrected chi connectivity index (χ0v) is 13.0. The fourth-order valence-electron chi connectivity index (χ4n) is 2.57. The normalized spacial score (nSPS) is 21.4. The number of nitrogens with zero attached hydrogens (tertiary/aromatic N) is 1. The van der Waals surface area contributed by atoms with Gasteiger partial charge in [-0.15, -0.1) is 0 Å². The van der Waals surface area contributed by atoms with Crippen molar-refractivity contribution >= 4 is 35.0 Å². The van der Waals surface area contributed by atoms with Crippen molar-refractivity contribution in [2.45, 2.75) is 25.3 Å². The highest BCUT2D eigenvalue weighted by Crippen LogP contribution is 2.32. The van der Waals surface area contributed by atoms with Crippen molar-refractivity contribution in [2.24, 2.45) is 5.92 Å². The monoisotopic (exact) mass is 326 g/mol. The first-order chi connectivity index (χ1) is 10.0. The van der Waals surface area contributed by atoms with Crippen LogP contribution in [0.15, 0.2) is 18.2 Å². The maximum atomic E-state index is 12.2. The molecule has 1 saturated heterocycles. The molecule has 0 aromatic heterocycles. The molecule has 2 amide bonds. The van der Waals surface area contributed by atoms with E-state index in [0.29, 0.717) is 22.2 Å². The van der Waals surface area contributed by atoms with Gasteiger partial charge in [0.2, 0.25) is 5.91 Å². The molecule has 112 valence electrons. The van der Waals surface area contributed by atoms with E-state index < -0.39 is 0 Å². The lowest BCUT2D eigenvalue weighted by Gasteiger charge is -2.17. The van der Waals surface area contributed by atoms with E-state index >= 15 is 0 Å². The van der Waals surface area contributed by atoms with Gasteiger partial charge < -0.3 is 10.2 Å². The van der Waals surface area contributed by atoms with Gasteiger partial charge in [0.05, 0.1) is 10.0 Å². The van der Waals surface area contributed by atoms with Gasteiger partial charge in [-0.05, 0) is 37.5 Å². The van der Waals surface area contributed by atoms with Crippen molar-refractivity contribution in [1.29, 1.82) is 0 Å². The lowest BCUT2D eigenvalue weighted by atomic mass is 10.2. The Bertz CT molecular complexity index is 587. The number of hydrogen-bond acceptors (Lipinski definition) is 2. The average Bonchev–Trinajstić information content (AvgIpc) is 3.21. The van der Waals surface area contributed by atoms with E-state index in [4.69, 9.17) is 23.2 Å². The van der Waals surface area contributed by atoms with Crippen molar-refractivity contribution in [3.8, 4) is 0 Å². The maximum Gasteiger partial charge on any atom is 0.251 e. The summed E-state index contributed by atoms with van der Waals surface area (Å²) in [7, 11) is 0. The summed E-state index contributed by atoms with van der Waals surface area (Å²) >= 11 is 11.8. The number of likely N-dealkylation sites (tertiary alicyclic amines) is 1. The van der Waals surface area contributed by atoms with Crippen LogP contribution >= 0.6 is 23.2 Å². The fourth-order valence-corrected chi connectivity index (χ4v) is 2.87. The number of amides is 2. The van der Waals surface area contributed by atoms with Crippen molar-refractivity contribution in [3.05, 3.63) is 33.8 Å². The van der Waals surface area contributed by atoms with Crippen LogP contribution < -0.4 is 5.32 Å². The summed E-state index contributed by atoms with van der Waals surface area (Å²) in [6.45, 7) is 1.32. The average molecular weight is 327 g/mol. The summed E-state index contributed by atoms with van der Waals surface area (Å²) in [5.41, 5.74) is 0.483. The standard InChI is InChI=1S/C15H16Cl2N2O2/c16-12-4-3-10(7-13(12)17)14(20)18-11-5-6-19(8-11)15(21)9-1-2-9/h3-4,7,9,11H,1-2,5-6,8H2,(H,18,20). The molecule has 0 radical (unpaired) electrons. The Kier molecular flexibility index (Phi) is 4.09. The van der Waals surface area contributed by atoms with E-state index in [-0.39, 0.29) is 23.8 Å². The smallest absolute Gasteiger partial charge is 0.251 e. The van der Waals surface area contributed by atoms with Crippen LogP contribution in [0.3, 0.4) is 0 Å². The van der Waals surface area contributed by atoms with Crippen LogP contribution in [0, 0.1) is 5.92 Å². The molecule has 4 nitrogen and oxygen atoms in total. The molecule has 1 aliphatic carbocycles. The first kappa shape index (κ1) is 14.7. The Morgan fingerprint density at radius 3 is 2.57 bits per heavy atom. The van der Waals surface area contributed by atoms with E-state index in [1.54, 1.807) is 18.2 Å². The molecule has 1 aromatic carbocycles. The largest absolute Gasteiger partial charge is 0.347 e. The molecule has 3 rings (SSSR count). The number of hydrogen-bond donors (Lipinski definition) is 1. The number of rotatable bonds is 3. The molecular weight excluding hydrogens is 311 g/mol. The van der Waals surface area contributed by atoms with Gasteiger partial charge in [0.15, 0.2) is 0 Å². The Morgan fingerprint density at radius 2 is 1.90 bits per heavy atom. The third-order valence-corrected chi connectivity index (χ3v) is 4.68. The molecular formula is C15H16Cl2N2O2. The minimum Gasteiger partial charge on any atom is -0.347 e. The zero-order chi connectivity index (χ0) is 15.0. The maximum absolute atomic E-state index is 12.2. The molecule has 1 heterocycles. The van der Waals surface area contributed by atoms with Crippen LogP contribution in [0.4, 0.5) is 0 Å². The summed E-state index contributed by atoms with van der Waals surface area (Å²) in [5, 5.41) is 3.74. The molecule has 1 N–H and O–H groups in total. The Morgan fingerprint density at radius 1 is 1.14 bits per heavy atom. The van der Waals surface area contributed by atoms with Gasteiger partial charge in [-0.2, -0.15) is 0 Å². The molecule has 1 atom stereocenters. The number of halogens is 2. The summed E-state index contributed by atoms with van der Waals surface area (Å²) in [4.78, 5) is 26.0. The van der Waals surface area contributed by atoms with Crippen molar-refractivity contribution in [2.75, 3.05) is 13.1 Å². The van der Waals surface area contributed by atoms with Crippen molar-refractivity contribution in [3.63, 3.8) is 0 Å². The molecule has 2 aliphatic rings. The van der Waals surface area contributed by atoms with Crippen molar-refractivity contribution < 1.29 is 9.59 Å². The van der Waals surface area contributed by atoms with Gasteiger partial charge in [0.1, 0.15) is 0 Å². The molecule has 1 unspecified atom stereocenters. The Labute approximate surface area is 133 Å².